The lowest BCUT2D eigenvalue weighted by Crippen LogP contribution is -1.98. The number of allylic oxidation sites excluding steroid dienone is 2. The van der Waals surface area contributed by atoms with Gasteiger partial charge in [-0.2, -0.15) is 0 Å². The summed E-state index contributed by atoms with van der Waals surface area (Å²) in [6.45, 7) is 4.58. The van der Waals surface area contributed by atoms with Gasteiger partial charge in [0.2, 0.25) is 0 Å². The normalized spacial score (nSPS) is 33.8. The molecule has 0 heteroatoms. The Morgan fingerprint density at radius 2 is 2.20 bits per heavy atom. The second kappa shape index (κ2) is 3.80. The fourth-order valence-corrected chi connectivity index (χ4v) is 1.77. The molecule has 1 fully saturated rings. The maximum atomic E-state index is 2.41. The van der Waals surface area contributed by atoms with Crippen molar-refractivity contribution in [3.8, 4) is 0 Å². The van der Waals surface area contributed by atoms with Crippen molar-refractivity contribution < 1.29 is 0 Å². The van der Waals surface area contributed by atoms with Gasteiger partial charge in [0.05, 0.1) is 0 Å². The van der Waals surface area contributed by atoms with E-state index in [1.807, 2.05) is 0 Å². The molecular formula is C10H18. The van der Waals surface area contributed by atoms with E-state index in [1.54, 1.807) is 0 Å². The predicted molar refractivity (Wildman–Crippen MR) is 45.9 cm³/mol. The minimum absolute atomic E-state index is 0.903. The van der Waals surface area contributed by atoms with Gasteiger partial charge in [0.25, 0.3) is 0 Å². The van der Waals surface area contributed by atoms with E-state index < -0.39 is 0 Å². The molecule has 0 heterocycles. The fourth-order valence-electron chi connectivity index (χ4n) is 1.77. The minimum Gasteiger partial charge on any atom is -0.0885 e. The van der Waals surface area contributed by atoms with Gasteiger partial charge < -0.3 is 0 Å². The number of rotatable bonds is 2. The van der Waals surface area contributed by atoms with Crippen LogP contribution in [0, 0.1) is 11.8 Å². The van der Waals surface area contributed by atoms with E-state index in [1.165, 1.54) is 25.7 Å². The molecule has 0 aromatic carbocycles. The van der Waals surface area contributed by atoms with E-state index >= 15 is 0 Å². The molecule has 2 atom stereocenters. The second-order valence-electron chi connectivity index (χ2n) is 3.41. The Hall–Kier alpha value is -0.260. The third-order valence-corrected chi connectivity index (χ3v) is 2.55. The highest BCUT2D eigenvalue weighted by molar-refractivity contribution is 4.92. The van der Waals surface area contributed by atoms with Crippen LogP contribution in [0.5, 0.6) is 0 Å². The van der Waals surface area contributed by atoms with Gasteiger partial charge in [-0.1, -0.05) is 38.8 Å². The summed E-state index contributed by atoms with van der Waals surface area (Å²) in [4.78, 5) is 0. The first kappa shape index (κ1) is 7.84. The van der Waals surface area contributed by atoms with E-state index in [-0.39, 0.29) is 0 Å². The van der Waals surface area contributed by atoms with Crippen molar-refractivity contribution in [2.45, 2.75) is 39.5 Å². The summed E-state index contributed by atoms with van der Waals surface area (Å²) in [6.07, 6.45) is 10.2. The molecule has 10 heavy (non-hydrogen) atoms. The van der Waals surface area contributed by atoms with Crippen molar-refractivity contribution in [2.75, 3.05) is 0 Å². The molecule has 1 aliphatic rings. The van der Waals surface area contributed by atoms with Gasteiger partial charge in [0.15, 0.2) is 0 Å². The van der Waals surface area contributed by atoms with Crippen LogP contribution in [0.2, 0.25) is 0 Å². The van der Waals surface area contributed by atoms with Gasteiger partial charge in [0.1, 0.15) is 0 Å². The minimum atomic E-state index is 0.903. The topological polar surface area (TPSA) is 0 Å². The molecule has 0 nitrogen and oxygen atoms in total. The van der Waals surface area contributed by atoms with Gasteiger partial charge in [-0.25, -0.2) is 0 Å². The van der Waals surface area contributed by atoms with Gasteiger partial charge in [0, 0.05) is 0 Å². The van der Waals surface area contributed by atoms with Crippen LogP contribution in [-0.2, 0) is 0 Å². The Morgan fingerprint density at radius 3 is 2.70 bits per heavy atom. The molecule has 0 radical (unpaired) electrons. The molecule has 0 aromatic rings. The smallest absolute Gasteiger partial charge is 0.0208 e. The van der Waals surface area contributed by atoms with Crippen molar-refractivity contribution >= 4 is 0 Å². The van der Waals surface area contributed by atoms with Gasteiger partial charge in [-0.3, -0.25) is 0 Å². The number of hydrogen-bond acceptors (Lipinski definition) is 0. The highest BCUT2D eigenvalue weighted by Crippen LogP contribution is 2.31. The molecule has 0 N–H and O–H groups in total. The largest absolute Gasteiger partial charge is 0.0885 e. The van der Waals surface area contributed by atoms with Crippen LogP contribution in [0.3, 0.4) is 0 Å². The summed E-state index contributed by atoms with van der Waals surface area (Å²) in [5.41, 5.74) is 0. The zero-order chi connectivity index (χ0) is 7.40. The molecule has 0 aliphatic heterocycles. The molecule has 0 aromatic heterocycles. The Bertz CT molecular complexity index is 113. The highest BCUT2D eigenvalue weighted by Gasteiger charge is 2.19. The fraction of sp³-hybridized carbons (Fsp3) is 0.800. The zero-order valence-corrected chi connectivity index (χ0v) is 7.14. The first-order chi connectivity index (χ1) is 4.84. The summed E-state index contributed by atoms with van der Waals surface area (Å²) in [6, 6.07) is 0. The van der Waals surface area contributed by atoms with Gasteiger partial charge in [-0.15, -0.1) is 0 Å². The molecule has 1 aliphatic carbocycles. The van der Waals surface area contributed by atoms with E-state index in [9.17, 15) is 0 Å². The Labute approximate surface area is 64.3 Å². The van der Waals surface area contributed by atoms with Crippen molar-refractivity contribution in [3.63, 3.8) is 0 Å². The van der Waals surface area contributed by atoms with Crippen LogP contribution in [0.4, 0.5) is 0 Å². The van der Waals surface area contributed by atoms with Gasteiger partial charge in [-0.05, 0) is 24.7 Å². The monoisotopic (exact) mass is 138 g/mol. The van der Waals surface area contributed by atoms with Crippen molar-refractivity contribution in [1.29, 1.82) is 0 Å². The molecule has 0 spiro atoms. The highest BCUT2D eigenvalue weighted by atomic mass is 14.2. The summed E-state index contributed by atoms with van der Waals surface area (Å²) in [5.74, 6) is 1.85. The standard InChI is InChI=1S/C10H18/c1-3-4-7-10-8-5-6-9(10)2/h4,7,9-10H,3,5-6,8H2,1-2H3/b7-4-. The summed E-state index contributed by atoms with van der Waals surface area (Å²) < 4.78 is 0. The molecule has 58 valence electrons. The van der Waals surface area contributed by atoms with Crippen molar-refractivity contribution in [3.05, 3.63) is 12.2 Å². The van der Waals surface area contributed by atoms with Crippen molar-refractivity contribution in [1.82, 2.24) is 0 Å². The van der Waals surface area contributed by atoms with Crippen LogP contribution >= 0.6 is 0 Å². The molecule has 0 amide bonds. The predicted octanol–water partition coefficient (Wildman–Crippen LogP) is 3.39. The third kappa shape index (κ3) is 1.86. The Morgan fingerprint density at radius 1 is 1.40 bits per heavy atom. The lowest BCUT2D eigenvalue weighted by Gasteiger charge is -2.08. The first-order valence-corrected chi connectivity index (χ1v) is 4.51. The second-order valence-corrected chi connectivity index (χ2v) is 3.41. The number of hydrogen-bond donors (Lipinski definition) is 0. The molecule has 2 unspecified atom stereocenters. The molecule has 0 bridgehead atoms. The van der Waals surface area contributed by atoms with Crippen LogP contribution in [0.1, 0.15) is 39.5 Å². The average molecular weight is 138 g/mol. The SMILES string of the molecule is CC/C=C\C1CCCC1C. The van der Waals surface area contributed by atoms with Crippen LogP contribution in [0.15, 0.2) is 12.2 Å². The molecule has 0 saturated heterocycles. The van der Waals surface area contributed by atoms with Crippen LogP contribution in [0.25, 0.3) is 0 Å². The average Bonchev–Trinajstić information content (AvgIpc) is 2.31. The summed E-state index contributed by atoms with van der Waals surface area (Å²) in [7, 11) is 0. The molecule has 1 rings (SSSR count). The third-order valence-electron chi connectivity index (χ3n) is 2.55. The van der Waals surface area contributed by atoms with Crippen molar-refractivity contribution in [2.24, 2.45) is 11.8 Å². The lowest BCUT2D eigenvalue weighted by atomic mass is 9.98. The first-order valence-electron chi connectivity index (χ1n) is 4.51. The maximum absolute atomic E-state index is 2.41. The Balaban J connectivity index is 2.33. The quantitative estimate of drug-likeness (QED) is 0.513. The summed E-state index contributed by atoms with van der Waals surface area (Å²) in [5, 5.41) is 0. The lowest BCUT2D eigenvalue weighted by molar-refractivity contribution is 0.503. The maximum Gasteiger partial charge on any atom is -0.0208 e. The van der Waals surface area contributed by atoms with Gasteiger partial charge >= 0.3 is 0 Å². The van der Waals surface area contributed by atoms with E-state index in [2.05, 4.69) is 26.0 Å². The van der Waals surface area contributed by atoms with E-state index in [0.717, 1.165) is 11.8 Å². The summed E-state index contributed by atoms with van der Waals surface area (Å²) >= 11 is 0. The van der Waals surface area contributed by atoms with E-state index in [0.29, 0.717) is 0 Å². The zero-order valence-electron chi connectivity index (χ0n) is 7.14. The Kier molecular flexibility index (Phi) is 2.98. The molecular weight excluding hydrogens is 120 g/mol. The van der Waals surface area contributed by atoms with Crippen LogP contribution < -0.4 is 0 Å². The van der Waals surface area contributed by atoms with Crippen LogP contribution in [-0.4, -0.2) is 0 Å². The molecule has 1 saturated carbocycles. The van der Waals surface area contributed by atoms with E-state index in [4.69, 9.17) is 0 Å².